The number of ether oxygens (including phenoxy) is 1. The van der Waals surface area contributed by atoms with E-state index in [1.54, 1.807) is 22.8 Å². The van der Waals surface area contributed by atoms with Gasteiger partial charge in [0.15, 0.2) is 0 Å². The van der Waals surface area contributed by atoms with E-state index in [-0.39, 0.29) is 17.1 Å². The summed E-state index contributed by atoms with van der Waals surface area (Å²) in [7, 11) is 0. The predicted octanol–water partition coefficient (Wildman–Crippen LogP) is 5.65. The fourth-order valence-electron chi connectivity index (χ4n) is 3.60. The second-order valence-electron chi connectivity index (χ2n) is 8.29. The Morgan fingerprint density at radius 2 is 2.07 bits per heavy atom. The Bertz CT molecular complexity index is 812. The molecule has 0 radical (unpaired) electrons. The van der Waals surface area contributed by atoms with Crippen LogP contribution in [-0.4, -0.2) is 35.7 Å². The van der Waals surface area contributed by atoms with E-state index >= 15 is 0 Å². The van der Waals surface area contributed by atoms with Gasteiger partial charge in [0.05, 0.1) is 10.8 Å². The van der Waals surface area contributed by atoms with Gasteiger partial charge in [-0.1, -0.05) is 20.8 Å². The zero-order valence-electron chi connectivity index (χ0n) is 16.2. The molecule has 28 heavy (non-hydrogen) atoms. The van der Waals surface area contributed by atoms with E-state index in [9.17, 15) is 18.7 Å². The van der Waals surface area contributed by atoms with Gasteiger partial charge in [-0.3, -0.25) is 9.69 Å². The van der Waals surface area contributed by atoms with Crippen LogP contribution in [0.5, 0.6) is 5.75 Å². The smallest absolute Gasteiger partial charge is 0.387 e. The van der Waals surface area contributed by atoms with E-state index in [1.165, 1.54) is 11.3 Å². The Morgan fingerprint density at radius 1 is 1.32 bits per heavy atom. The quantitative estimate of drug-likeness (QED) is 0.645. The van der Waals surface area contributed by atoms with Crippen molar-refractivity contribution in [1.82, 2.24) is 4.90 Å². The van der Waals surface area contributed by atoms with Gasteiger partial charge in [0.25, 0.3) is 0 Å². The van der Waals surface area contributed by atoms with Gasteiger partial charge < -0.3 is 9.84 Å². The minimum atomic E-state index is -2.84. The molecule has 2 atom stereocenters. The van der Waals surface area contributed by atoms with Crippen molar-refractivity contribution in [3.8, 4) is 15.5 Å². The molecule has 1 N–H and O–H groups in total. The molecule has 1 saturated heterocycles. The van der Waals surface area contributed by atoms with E-state index in [2.05, 4.69) is 30.4 Å². The molecule has 4 nitrogen and oxygen atoms in total. The highest BCUT2D eigenvalue weighted by molar-refractivity contribution is 7.21. The number of carboxylic acid groups (broad SMARTS) is 1. The van der Waals surface area contributed by atoms with Gasteiger partial charge in [0.1, 0.15) is 5.75 Å². The van der Waals surface area contributed by atoms with Crippen LogP contribution in [0.15, 0.2) is 23.6 Å². The molecule has 2 aromatic heterocycles. The minimum absolute atomic E-state index is 0.0471. The fraction of sp³-hybridized carbons (Fsp3) is 0.550. The Hall–Kier alpha value is -1.51. The van der Waals surface area contributed by atoms with Gasteiger partial charge in [0.2, 0.25) is 0 Å². The van der Waals surface area contributed by atoms with Crippen LogP contribution in [0.2, 0.25) is 0 Å². The number of carbonyl (C=O) groups is 1. The highest BCUT2D eigenvalue weighted by atomic mass is 32.1. The van der Waals surface area contributed by atoms with Crippen molar-refractivity contribution in [1.29, 1.82) is 0 Å². The van der Waals surface area contributed by atoms with Crippen LogP contribution in [0.1, 0.15) is 32.1 Å². The van der Waals surface area contributed by atoms with Crippen molar-refractivity contribution in [3.63, 3.8) is 0 Å². The summed E-state index contributed by atoms with van der Waals surface area (Å²) >= 11 is 2.91. The first-order valence-corrected chi connectivity index (χ1v) is 10.9. The summed E-state index contributed by atoms with van der Waals surface area (Å²) in [5, 5.41) is 11.3. The predicted molar refractivity (Wildman–Crippen MR) is 108 cm³/mol. The van der Waals surface area contributed by atoms with Crippen LogP contribution in [0.25, 0.3) is 9.75 Å². The third-order valence-corrected chi connectivity index (χ3v) is 7.36. The summed E-state index contributed by atoms with van der Waals surface area (Å²) in [6.07, 6.45) is 0.703. The van der Waals surface area contributed by atoms with E-state index in [0.29, 0.717) is 30.3 Å². The summed E-state index contributed by atoms with van der Waals surface area (Å²) in [4.78, 5) is 16.5. The number of halogens is 2. The first-order valence-electron chi connectivity index (χ1n) is 9.20. The third-order valence-electron chi connectivity index (χ3n) is 5.21. The average molecular weight is 430 g/mol. The summed E-state index contributed by atoms with van der Waals surface area (Å²) in [6.45, 7) is 5.69. The molecule has 3 rings (SSSR count). The SMILES string of the molecule is CC(C)(C)[C@@H]1C[C@@H](C(=O)O)CN(Cc2ccc(-c3sccc3OC(F)F)s2)C1. The lowest BCUT2D eigenvalue weighted by molar-refractivity contribution is -0.145. The van der Waals surface area contributed by atoms with E-state index in [1.807, 2.05) is 12.1 Å². The molecule has 0 amide bonds. The molecule has 1 aliphatic rings. The number of hydrogen-bond donors (Lipinski definition) is 1. The summed E-state index contributed by atoms with van der Waals surface area (Å²) in [5.41, 5.74) is 0.0471. The topological polar surface area (TPSA) is 49.8 Å². The Balaban J connectivity index is 1.73. The zero-order valence-corrected chi connectivity index (χ0v) is 17.8. The molecule has 0 aromatic carbocycles. The fourth-order valence-corrected chi connectivity index (χ4v) is 5.61. The third kappa shape index (κ3) is 5.10. The number of rotatable bonds is 6. The number of likely N-dealkylation sites (tertiary alicyclic amines) is 1. The first-order chi connectivity index (χ1) is 13.1. The maximum Gasteiger partial charge on any atom is 0.387 e. The molecule has 3 heterocycles. The highest BCUT2D eigenvalue weighted by Crippen LogP contribution is 2.41. The van der Waals surface area contributed by atoms with Crippen molar-refractivity contribution in [2.45, 2.75) is 40.3 Å². The van der Waals surface area contributed by atoms with Crippen LogP contribution in [0.3, 0.4) is 0 Å². The number of thiophene rings is 2. The number of piperidine rings is 1. The lowest BCUT2D eigenvalue weighted by Crippen LogP contribution is -2.46. The van der Waals surface area contributed by atoms with Crippen molar-refractivity contribution < 1.29 is 23.4 Å². The lowest BCUT2D eigenvalue weighted by Gasteiger charge is -2.42. The van der Waals surface area contributed by atoms with Crippen molar-refractivity contribution in [2.24, 2.45) is 17.3 Å². The van der Waals surface area contributed by atoms with E-state index < -0.39 is 12.6 Å². The second-order valence-corrected chi connectivity index (χ2v) is 10.4. The van der Waals surface area contributed by atoms with Crippen LogP contribution in [0.4, 0.5) is 8.78 Å². The number of carboxylic acids is 1. The average Bonchev–Trinajstić information content (AvgIpc) is 3.22. The zero-order chi connectivity index (χ0) is 20.5. The minimum Gasteiger partial charge on any atom is -0.481 e. The summed E-state index contributed by atoms with van der Waals surface area (Å²) in [5.74, 6) is -0.589. The molecule has 0 bridgehead atoms. The van der Waals surface area contributed by atoms with Gasteiger partial charge in [-0.05, 0) is 41.3 Å². The normalized spacial score (nSPS) is 21.2. The highest BCUT2D eigenvalue weighted by Gasteiger charge is 2.37. The monoisotopic (exact) mass is 429 g/mol. The van der Waals surface area contributed by atoms with Crippen LogP contribution in [-0.2, 0) is 11.3 Å². The first kappa shape index (κ1) is 21.2. The molecule has 1 aliphatic heterocycles. The van der Waals surface area contributed by atoms with Crippen molar-refractivity contribution in [3.05, 3.63) is 28.5 Å². The van der Waals surface area contributed by atoms with Gasteiger partial charge >= 0.3 is 12.6 Å². The summed E-state index contributed by atoms with van der Waals surface area (Å²) in [6, 6.07) is 5.47. The number of aliphatic carboxylic acids is 1. The molecule has 0 spiro atoms. The van der Waals surface area contributed by atoms with Crippen LogP contribution in [0, 0.1) is 17.3 Å². The molecule has 1 fully saturated rings. The number of hydrogen-bond acceptors (Lipinski definition) is 5. The number of nitrogens with zero attached hydrogens (tertiary/aromatic N) is 1. The van der Waals surface area contributed by atoms with E-state index in [4.69, 9.17) is 0 Å². The molecule has 0 unspecified atom stereocenters. The molecule has 8 heteroatoms. The Kier molecular flexibility index (Phi) is 6.41. The second kappa shape index (κ2) is 8.47. The molecular weight excluding hydrogens is 404 g/mol. The molecule has 154 valence electrons. The lowest BCUT2D eigenvalue weighted by atomic mass is 9.73. The molecule has 0 aliphatic carbocycles. The van der Waals surface area contributed by atoms with Crippen molar-refractivity contribution >= 4 is 28.6 Å². The maximum atomic E-state index is 12.6. The Labute approximate surface area is 171 Å². The van der Waals surface area contributed by atoms with Crippen LogP contribution < -0.4 is 4.74 Å². The van der Waals surface area contributed by atoms with Gasteiger partial charge in [0, 0.05) is 29.4 Å². The maximum absolute atomic E-state index is 12.6. The molecular formula is C20H25F2NO3S2. The molecule has 0 saturated carbocycles. The number of alkyl halides is 2. The van der Waals surface area contributed by atoms with Gasteiger partial charge in [-0.25, -0.2) is 0 Å². The summed E-state index contributed by atoms with van der Waals surface area (Å²) < 4.78 is 29.7. The largest absolute Gasteiger partial charge is 0.481 e. The standard InChI is InChI=1S/C20H25F2NO3S2/c1-20(2,3)13-8-12(18(24)25)9-23(10-13)11-14-4-5-16(28-14)17-15(6-7-27-17)26-19(21)22/h4-7,12-13,19H,8-11H2,1-3H3,(H,24,25)/t12-,13-/m1/s1. The van der Waals surface area contributed by atoms with Gasteiger partial charge in [-0.15, -0.1) is 22.7 Å². The van der Waals surface area contributed by atoms with Crippen molar-refractivity contribution in [2.75, 3.05) is 13.1 Å². The molecule has 2 aromatic rings. The van der Waals surface area contributed by atoms with Crippen LogP contribution >= 0.6 is 22.7 Å². The van der Waals surface area contributed by atoms with E-state index in [0.717, 1.165) is 16.3 Å². The van der Waals surface area contributed by atoms with Gasteiger partial charge in [-0.2, -0.15) is 8.78 Å². The Morgan fingerprint density at radius 3 is 2.71 bits per heavy atom.